The number of nitrogens with zero attached hydrogens (tertiary/aromatic N) is 2. The van der Waals surface area contributed by atoms with E-state index in [-0.39, 0.29) is 18.3 Å². The first-order chi connectivity index (χ1) is 12.5. The fraction of sp³-hybridized carbons (Fsp3) is 0.263. The van der Waals surface area contributed by atoms with Crippen LogP contribution in [-0.2, 0) is 20.2 Å². The summed E-state index contributed by atoms with van der Waals surface area (Å²) in [6.45, 7) is 4.46. The Morgan fingerprint density at radius 3 is 2.81 bits per heavy atom. The number of aryl methyl sites for hydroxylation is 2. The van der Waals surface area contributed by atoms with Gasteiger partial charge in [-0.2, -0.15) is 5.10 Å². The Morgan fingerprint density at radius 1 is 1.31 bits per heavy atom. The normalized spacial score (nSPS) is 10.8. The van der Waals surface area contributed by atoms with Crippen LogP contribution in [0.3, 0.4) is 0 Å². The highest BCUT2D eigenvalue weighted by Gasteiger charge is 2.13. The van der Waals surface area contributed by atoms with Gasteiger partial charge in [0.15, 0.2) is 5.76 Å². The van der Waals surface area contributed by atoms with Crippen LogP contribution in [0, 0.1) is 13.8 Å². The molecule has 2 aromatic heterocycles. The smallest absolute Gasteiger partial charge is 0.287 e. The van der Waals surface area contributed by atoms with Gasteiger partial charge in [0.1, 0.15) is 18.1 Å². The number of para-hydroxylation sites is 1. The zero-order chi connectivity index (χ0) is 18.7. The lowest BCUT2D eigenvalue weighted by Gasteiger charge is -2.09. The van der Waals surface area contributed by atoms with E-state index in [1.807, 2.05) is 33.0 Å². The molecule has 1 aromatic carbocycles. The van der Waals surface area contributed by atoms with Crippen LogP contribution in [0.2, 0.25) is 5.02 Å². The number of carbonyl (C=O) groups excluding carboxylic acids is 1. The Hall–Kier alpha value is -2.73. The molecule has 0 saturated heterocycles. The molecule has 0 atom stereocenters. The highest BCUT2D eigenvalue weighted by molar-refractivity contribution is 6.32. The molecule has 0 fully saturated rings. The molecule has 6 nitrogen and oxygen atoms in total. The predicted octanol–water partition coefficient (Wildman–Crippen LogP) is 3.79. The molecule has 0 aliphatic heterocycles. The van der Waals surface area contributed by atoms with E-state index in [4.69, 9.17) is 20.8 Å². The first-order valence-electron chi connectivity index (χ1n) is 8.18. The number of ether oxygens (including phenoxy) is 1. The molecule has 0 saturated carbocycles. The van der Waals surface area contributed by atoms with Gasteiger partial charge >= 0.3 is 0 Å². The highest BCUT2D eigenvalue weighted by Crippen LogP contribution is 2.28. The van der Waals surface area contributed by atoms with Crippen molar-refractivity contribution in [2.75, 3.05) is 0 Å². The van der Waals surface area contributed by atoms with Crippen molar-refractivity contribution < 1.29 is 13.9 Å². The molecule has 2 heterocycles. The lowest BCUT2D eigenvalue weighted by atomic mass is 10.2. The van der Waals surface area contributed by atoms with Crippen LogP contribution in [0.1, 0.15) is 33.1 Å². The summed E-state index contributed by atoms with van der Waals surface area (Å²) in [7, 11) is 1.86. The molecule has 136 valence electrons. The van der Waals surface area contributed by atoms with E-state index in [2.05, 4.69) is 10.4 Å². The SMILES string of the molecule is Cc1cccc(Cl)c1OCc1ccc(C(=O)NCc2cnn(C)c2C)o1. The minimum atomic E-state index is -0.284. The molecule has 3 aromatic rings. The van der Waals surface area contributed by atoms with Gasteiger partial charge in [-0.15, -0.1) is 0 Å². The summed E-state index contributed by atoms with van der Waals surface area (Å²) < 4.78 is 13.1. The number of furan rings is 1. The average Bonchev–Trinajstić information content (AvgIpc) is 3.21. The van der Waals surface area contributed by atoms with E-state index >= 15 is 0 Å². The van der Waals surface area contributed by atoms with Gasteiger partial charge in [-0.25, -0.2) is 0 Å². The summed E-state index contributed by atoms with van der Waals surface area (Å²) in [4.78, 5) is 12.2. The zero-order valence-corrected chi connectivity index (χ0v) is 15.6. The number of carbonyl (C=O) groups is 1. The number of nitrogens with one attached hydrogen (secondary N) is 1. The molecule has 0 radical (unpaired) electrons. The van der Waals surface area contributed by atoms with Crippen molar-refractivity contribution in [3.05, 3.63) is 69.9 Å². The minimum Gasteiger partial charge on any atom is -0.484 e. The Balaban J connectivity index is 1.58. The summed E-state index contributed by atoms with van der Waals surface area (Å²) in [6, 6.07) is 8.90. The topological polar surface area (TPSA) is 69.3 Å². The van der Waals surface area contributed by atoms with Crippen molar-refractivity contribution in [2.24, 2.45) is 7.05 Å². The maximum Gasteiger partial charge on any atom is 0.287 e. The average molecular weight is 374 g/mol. The van der Waals surface area contributed by atoms with Crippen molar-refractivity contribution >= 4 is 17.5 Å². The fourth-order valence-electron chi connectivity index (χ4n) is 2.50. The summed E-state index contributed by atoms with van der Waals surface area (Å²) in [5.41, 5.74) is 2.91. The Kier molecular flexibility index (Phi) is 5.32. The van der Waals surface area contributed by atoms with E-state index in [0.29, 0.717) is 23.1 Å². The zero-order valence-electron chi connectivity index (χ0n) is 14.9. The number of halogens is 1. The quantitative estimate of drug-likeness (QED) is 0.713. The summed E-state index contributed by atoms with van der Waals surface area (Å²) in [6.07, 6.45) is 1.74. The van der Waals surface area contributed by atoms with Gasteiger partial charge in [0.05, 0.1) is 11.2 Å². The molecular weight excluding hydrogens is 354 g/mol. The van der Waals surface area contributed by atoms with Gasteiger partial charge in [0.25, 0.3) is 5.91 Å². The third kappa shape index (κ3) is 3.91. The molecular formula is C19H20ClN3O3. The predicted molar refractivity (Wildman–Crippen MR) is 98.3 cm³/mol. The van der Waals surface area contributed by atoms with Crippen LogP contribution < -0.4 is 10.1 Å². The van der Waals surface area contributed by atoms with E-state index in [1.165, 1.54) is 0 Å². The summed E-state index contributed by atoms with van der Waals surface area (Å²) >= 11 is 6.14. The third-order valence-electron chi connectivity index (χ3n) is 4.18. The van der Waals surface area contributed by atoms with Crippen LogP contribution in [0.15, 0.2) is 40.9 Å². The van der Waals surface area contributed by atoms with Gasteiger partial charge < -0.3 is 14.5 Å². The molecule has 0 unspecified atom stereocenters. The fourth-order valence-corrected chi connectivity index (χ4v) is 2.78. The number of benzene rings is 1. The molecule has 0 spiro atoms. The largest absolute Gasteiger partial charge is 0.484 e. The monoisotopic (exact) mass is 373 g/mol. The van der Waals surface area contributed by atoms with Crippen molar-refractivity contribution in [3.8, 4) is 5.75 Å². The molecule has 0 bridgehead atoms. The Morgan fingerprint density at radius 2 is 2.12 bits per heavy atom. The third-order valence-corrected chi connectivity index (χ3v) is 4.48. The van der Waals surface area contributed by atoms with Crippen LogP contribution in [0.4, 0.5) is 0 Å². The maximum atomic E-state index is 12.2. The molecule has 0 aliphatic rings. The minimum absolute atomic E-state index is 0.194. The van der Waals surface area contributed by atoms with E-state index in [1.54, 1.807) is 29.1 Å². The Bertz CT molecular complexity index is 910. The van der Waals surface area contributed by atoms with Crippen molar-refractivity contribution in [1.82, 2.24) is 15.1 Å². The van der Waals surface area contributed by atoms with Crippen molar-refractivity contribution in [1.29, 1.82) is 0 Å². The van der Waals surface area contributed by atoms with E-state index in [0.717, 1.165) is 16.8 Å². The van der Waals surface area contributed by atoms with E-state index in [9.17, 15) is 4.79 Å². The lowest BCUT2D eigenvalue weighted by molar-refractivity contribution is 0.0919. The second-order valence-corrected chi connectivity index (χ2v) is 6.41. The molecule has 1 amide bonds. The van der Waals surface area contributed by atoms with Crippen molar-refractivity contribution in [2.45, 2.75) is 27.0 Å². The molecule has 3 rings (SSSR count). The number of aromatic nitrogens is 2. The standard InChI is InChI=1S/C19H20ClN3O3/c1-12-5-4-6-16(20)18(12)25-11-15-7-8-17(26-15)19(24)21-9-14-10-22-23(3)13(14)2/h4-8,10H,9,11H2,1-3H3,(H,21,24). The summed E-state index contributed by atoms with van der Waals surface area (Å²) in [5.74, 6) is 1.12. The number of rotatable bonds is 6. The van der Waals surface area contributed by atoms with Gasteiger partial charge in [0, 0.05) is 24.8 Å². The summed E-state index contributed by atoms with van der Waals surface area (Å²) in [5, 5.41) is 7.52. The van der Waals surface area contributed by atoms with E-state index < -0.39 is 0 Å². The Labute approximate surface area is 156 Å². The maximum absolute atomic E-state index is 12.2. The molecule has 7 heteroatoms. The first kappa shape index (κ1) is 18.1. The van der Waals surface area contributed by atoms with Crippen LogP contribution in [0.5, 0.6) is 5.75 Å². The number of hydrogen-bond donors (Lipinski definition) is 1. The number of amides is 1. The lowest BCUT2D eigenvalue weighted by Crippen LogP contribution is -2.22. The van der Waals surface area contributed by atoms with Gasteiger partial charge in [-0.1, -0.05) is 23.7 Å². The van der Waals surface area contributed by atoms with Crippen LogP contribution in [-0.4, -0.2) is 15.7 Å². The van der Waals surface area contributed by atoms with Gasteiger partial charge in [-0.05, 0) is 37.6 Å². The second kappa shape index (κ2) is 7.66. The van der Waals surface area contributed by atoms with Gasteiger partial charge in [0.2, 0.25) is 0 Å². The molecule has 26 heavy (non-hydrogen) atoms. The van der Waals surface area contributed by atoms with Gasteiger partial charge in [-0.3, -0.25) is 9.48 Å². The molecule has 0 aliphatic carbocycles. The van der Waals surface area contributed by atoms with Crippen molar-refractivity contribution in [3.63, 3.8) is 0 Å². The second-order valence-electron chi connectivity index (χ2n) is 6.00. The van der Waals surface area contributed by atoms with Crippen LogP contribution in [0.25, 0.3) is 0 Å². The van der Waals surface area contributed by atoms with Crippen LogP contribution >= 0.6 is 11.6 Å². The highest BCUT2D eigenvalue weighted by atomic mass is 35.5. The molecule has 1 N–H and O–H groups in total. The number of hydrogen-bond acceptors (Lipinski definition) is 4. The first-order valence-corrected chi connectivity index (χ1v) is 8.56.